The zero-order chi connectivity index (χ0) is 29.8. The molecule has 2 N–H and O–H groups in total. The number of carbonyl (C=O) groups is 1. The van der Waals surface area contributed by atoms with Gasteiger partial charge in [-0.3, -0.25) is 14.5 Å². The number of carbonyl (C=O) groups excluding carboxylic acids is 1. The minimum absolute atomic E-state index is 0.169. The predicted octanol–water partition coefficient (Wildman–Crippen LogP) is 6.44. The van der Waals surface area contributed by atoms with Crippen molar-refractivity contribution in [1.82, 2.24) is 29.6 Å². The van der Waals surface area contributed by atoms with Gasteiger partial charge in [0.1, 0.15) is 0 Å². The van der Waals surface area contributed by atoms with Crippen LogP contribution in [-0.4, -0.2) is 55.7 Å². The highest BCUT2D eigenvalue weighted by molar-refractivity contribution is 6.05. The second kappa shape index (κ2) is 12.5. The highest BCUT2D eigenvalue weighted by atomic mass is 16.1. The van der Waals surface area contributed by atoms with Gasteiger partial charge in [0.25, 0.3) is 5.91 Å². The molecule has 1 aliphatic rings. The second-order valence-electron chi connectivity index (χ2n) is 11.3. The van der Waals surface area contributed by atoms with Crippen molar-refractivity contribution in [3.63, 3.8) is 0 Å². The molecular weight excluding hydrogens is 536 g/mol. The van der Waals surface area contributed by atoms with E-state index in [1.165, 1.54) is 24.8 Å². The number of hydrogen-bond donors (Lipinski definition) is 2. The molecule has 3 aromatic heterocycles. The fraction of sp³-hybridized carbons (Fsp3) is 0.265. The molecule has 1 saturated heterocycles. The molecule has 1 unspecified atom stereocenters. The van der Waals surface area contributed by atoms with Crippen molar-refractivity contribution in [3.8, 4) is 22.5 Å². The molecule has 9 heteroatoms. The third kappa shape index (κ3) is 6.79. The van der Waals surface area contributed by atoms with Crippen LogP contribution in [0.2, 0.25) is 0 Å². The largest absolute Gasteiger partial charge is 0.324 e. The van der Waals surface area contributed by atoms with Gasteiger partial charge in [-0.15, -0.1) is 0 Å². The number of benzene rings is 2. The van der Waals surface area contributed by atoms with E-state index < -0.39 is 0 Å². The number of pyridine rings is 1. The lowest BCUT2D eigenvalue weighted by Gasteiger charge is -2.20. The fourth-order valence-corrected chi connectivity index (χ4v) is 5.53. The van der Waals surface area contributed by atoms with Gasteiger partial charge in [0.05, 0.1) is 11.4 Å². The van der Waals surface area contributed by atoms with Gasteiger partial charge in [-0.05, 0) is 92.9 Å². The Morgan fingerprint density at radius 3 is 2.53 bits per heavy atom. The van der Waals surface area contributed by atoms with Crippen LogP contribution in [0.1, 0.15) is 46.7 Å². The van der Waals surface area contributed by atoms with Crippen LogP contribution in [0.5, 0.6) is 0 Å². The maximum atomic E-state index is 13.2. The Kier molecular flexibility index (Phi) is 8.24. The van der Waals surface area contributed by atoms with Crippen LogP contribution in [0.25, 0.3) is 22.5 Å². The third-order valence-corrected chi connectivity index (χ3v) is 7.96. The maximum absolute atomic E-state index is 13.2. The number of hydrogen-bond acceptors (Lipinski definition) is 7. The highest BCUT2D eigenvalue weighted by Gasteiger charge is 2.18. The first-order valence-corrected chi connectivity index (χ1v) is 14.7. The Hall–Kier alpha value is -4.89. The number of rotatable bonds is 7. The molecule has 218 valence electrons. The molecule has 43 heavy (non-hydrogen) atoms. The van der Waals surface area contributed by atoms with Crippen LogP contribution < -0.4 is 10.6 Å². The van der Waals surface area contributed by atoms with E-state index in [1.54, 1.807) is 23.3 Å². The number of aryl methyl sites for hydroxylation is 2. The topological polar surface area (TPSA) is 101 Å². The zero-order valence-electron chi connectivity index (χ0n) is 24.8. The zero-order valence-corrected chi connectivity index (χ0v) is 24.8. The highest BCUT2D eigenvalue weighted by Crippen LogP contribution is 2.28. The molecule has 0 radical (unpaired) electrons. The summed E-state index contributed by atoms with van der Waals surface area (Å²) in [6.07, 6.45) is 10.9. The van der Waals surface area contributed by atoms with Gasteiger partial charge in [0.15, 0.2) is 0 Å². The lowest BCUT2D eigenvalue weighted by molar-refractivity contribution is 0.102. The van der Waals surface area contributed by atoms with Gasteiger partial charge in [-0.2, -0.15) is 5.10 Å². The number of aromatic nitrogens is 5. The van der Waals surface area contributed by atoms with E-state index in [2.05, 4.69) is 49.8 Å². The van der Waals surface area contributed by atoms with Crippen molar-refractivity contribution in [2.45, 2.75) is 32.1 Å². The van der Waals surface area contributed by atoms with Crippen molar-refractivity contribution < 1.29 is 4.79 Å². The first-order valence-electron chi connectivity index (χ1n) is 14.7. The summed E-state index contributed by atoms with van der Waals surface area (Å²) in [7, 11) is 4.08. The number of amides is 1. The standard InChI is InChI=1S/C34H36N8O/c1-23-7-8-25(33(43)37-29-11-9-24(10-12-29)26-6-4-5-16-41(2)22-26)19-32(23)39-34-36-15-13-30(38-34)27-18-28(21-35-20-27)31-14-17-42(3)40-31/h7-15,17-21,26H,4-6,16,22H2,1-3H3,(H,37,43)(H,36,38,39). The minimum atomic E-state index is -0.169. The number of likely N-dealkylation sites (N-methyl/N-ethyl adjacent to an activating group) is 1. The van der Waals surface area contributed by atoms with Crippen LogP contribution in [0.4, 0.5) is 17.3 Å². The smallest absolute Gasteiger partial charge is 0.255 e. The van der Waals surface area contributed by atoms with Crippen molar-refractivity contribution in [1.29, 1.82) is 0 Å². The van der Waals surface area contributed by atoms with E-state index in [9.17, 15) is 4.79 Å². The van der Waals surface area contributed by atoms with E-state index in [0.717, 1.165) is 52.5 Å². The molecule has 1 atom stereocenters. The number of nitrogens with one attached hydrogen (secondary N) is 2. The molecule has 5 aromatic rings. The molecule has 0 spiro atoms. The van der Waals surface area contributed by atoms with Gasteiger partial charge in [0, 0.05) is 66.4 Å². The Morgan fingerprint density at radius 2 is 1.74 bits per heavy atom. The first-order chi connectivity index (χ1) is 20.9. The molecule has 2 aromatic carbocycles. The van der Waals surface area contributed by atoms with E-state index in [-0.39, 0.29) is 5.91 Å². The van der Waals surface area contributed by atoms with Crippen molar-refractivity contribution in [2.24, 2.45) is 7.05 Å². The van der Waals surface area contributed by atoms with E-state index >= 15 is 0 Å². The second-order valence-corrected chi connectivity index (χ2v) is 11.3. The maximum Gasteiger partial charge on any atom is 0.255 e. The van der Waals surface area contributed by atoms with Crippen LogP contribution in [-0.2, 0) is 7.05 Å². The molecule has 9 nitrogen and oxygen atoms in total. The Balaban J connectivity index is 1.15. The third-order valence-electron chi connectivity index (χ3n) is 7.96. The molecule has 1 aliphatic heterocycles. The van der Waals surface area contributed by atoms with Crippen LogP contribution >= 0.6 is 0 Å². The summed E-state index contributed by atoms with van der Waals surface area (Å²) in [4.78, 5) is 29.2. The Bertz CT molecular complexity index is 1730. The van der Waals surface area contributed by atoms with E-state index in [0.29, 0.717) is 17.4 Å². The molecule has 0 aliphatic carbocycles. The van der Waals surface area contributed by atoms with Gasteiger partial charge >= 0.3 is 0 Å². The van der Waals surface area contributed by atoms with Crippen LogP contribution in [0.15, 0.2) is 85.5 Å². The summed E-state index contributed by atoms with van der Waals surface area (Å²) in [5.74, 6) is 0.794. The summed E-state index contributed by atoms with van der Waals surface area (Å²) < 4.78 is 1.76. The summed E-state index contributed by atoms with van der Waals surface area (Å²) in [6.45, 7) is 4.22. The van der Waals surface area contributed by atoms with E-state index in [1.807, 2.05) is 68.7 Å². The summed E-state index contributed by atoms with van der Waals surface area (Å²) in [5, 5.41) is 10.8. The molecule has 0 bridgehead atoms. The molecule has 6 rings (SSSR count). The van der Waals surface area contributed by atoms with Gasteiger partial charge in [0.2, 0.25) is 5.95 Å². The molecule has 1 amide bonds. The summed E-state index contributed by atoms with van der Waals surface area (Å²) in [6, 6.07) is 19.7. The van der Waals surface area contributed by atoms with E-state index in [4.69, 9.17) is 4.98 Å². The molecule has 1 fully saturated rings. The Labute approximate surface area is 252 Å². The van der Waals surface area contributed by atoms with Crippen molar-refractivity contribution >= 4 is 23.2 Å². The minimum Gasteiger partial charge on any atom is -0.324 e. The average Bonchev–Trinajstić information content (AvgIpc) is 3.34. The fourth-order valence-electron chi connectivity index (χ4n) is 5.53. The summed E-state index contributed by atoms with van der Waals surface area (Å²) >= 11 is 0. The van der Waals surface area contributed by atoms with Gasteiger partial charge in [-0.25, -0.2) is 9.97 Å². The normalized spacial score (nSPS) is 15.6. The van der Waals surface area contributed by atoms with Gasteiger partial charge in [-0.1, -0.05) is 24.6 Å². The monoisotopic (exact) mass is 572 g/mol. The number of likely N-dealkylation sites (tertiary alicyclic amines) is 1. The predicted molar refractivity (Wildman–Crippen MR) is 170 cm³/mol. The quantitative estimate of drug-likeness (QED) is 0.231. The average molecular weight is 573 g/mol. The number of nitrogens with zero attached hydrogens (tertiary/aromatic N) is 6. The van der Waals surface area contributed by atoms with Crippen molar-refractivity contribution in [2.75, 3.05) is 30.8 Å². The summed E-state index contributed by atoms with van der Waals surface area (Å²) in [5.41, 5.74) is 7.74. The molecular formula is C34H36N8O. The number of anilines is 3. The Morgan fingerprint density at radius 1 is 0.930 bits per heavy atom. The van der Waals surface area contributed by atoms with Crippen LogP contribution in [0.3, 0.4) is 0 Å². The van der Waals surface area contributed by atoms with Crippen molar-refractivity contribution in [3.05, 3.63) is 102 Å². The van der Waals surface area contributed by atoms with Gasteiger partial charge < -0.3 is 15.5 Å². The molecule has 0 saturated carbocycles. The first kappa shape index (κ1) is 28.2. The van der Waals surface area contributed by atoms with Crippen LogP contribution in [0, 0.1) is 6.92 Å². The SMILES string of the molecule is Cc1ccc(C(=O)Nc2ccc(C3CCCCN(C)C3)cc2)cc1Nc1nccc(-c2cncc(-c3ccn(C)n3)c2)n1. The lowest BCUT2D eigenvalue weighted by Crippen LogP contribution is -2.23. The lowest BCUT2D eigenvalue weighted by atomic mass is 9.94. The molecule has 4 heterocycles.